The van der Waals surface area contributed by atoms with E-state index in [2.05, 4.69) is 15.4 Å². The summed E-state index contributed by atoms with van der Waals surface area (Å²) in [5.41, 5.74) is 0.607. The van der Waals surface area contributed by atoms with E-state index in [1.165, 1.54) is 29.8 Å². The highest BCUT2D eigenvalue weighted by molar-refractivity contribution is 6.29. The minimum absolute atomic E-state index is 0.0258. The molecule has 10 heteroatoms. The average Bonchev–Trinajstić information content (AvgIpc) is 3.46. The Morgan fingerprint density at radius 3 is 2.79 bits per heavy atom. The zero-order chi connectivity index (χ0) is 24.0. The molecule has 3 atom stereocenters. The lowest BCUT2D eigenvalue weighted by molar-refractivity contribution is -0.139. The van der Waals surface area contributed by atoms with E-state index in [1.54, 1.807) is 23.1 Å². The molecule has 1 saturated carbocycles. The molecule has 0 spiro atoms. The number of benzene rings is 1. The van der Waals surface area contributed by atoms with Crippen LogP contribution in [0.3, 0.4) is 0 Å². The SMILES string of the molecule is CC(=O)c1nn(CC(=O)N2C3CCC[C@H]3C[C@H]2C(=O)Nc2cccc(Cl)n2)c2ccc(F)cc12. The Morgan fingerprint density at radius 1 is 1.21 bits per heavy atom. The first kappa shape index (κ1) is 22.5. The molecule has 2 fully saturated rings. The highest BCUT2D eigenvalue weighted by Gasteiger charge is 2.48. The normalized spacial score (nSPS) is 21.6. The van der Waals surface area contributed by atoms with Crippen molar-refractivity contribution in [1.82, 2.24) is 19.7 Å². The van der Waals surface area contributed by atoms with Gasteiger partial charge in [-0.25, -0.2) is 9.37 Å². The monoisotopic (exact) mass is 483 g/mol. The maximum absolute atomic E-state index is 13.8. The lowest BCUT2D eigenvalue weighted by atomic mass is 10.0. The standard InChI is InChI=1S/C24H23ClFN5O3/c1-13(32)23-16-11-15(26)8-9-18(16)30(29-23)12-22(33)31-17-5-2-4-14(17)10-19(31)24(34)28-21-7-3-6-20(25)27-21/h3,6-9,11,14,17,19H,2,4-5,10,12H2,1H3,(H,27,28,34)/t14-,17?,19-/m0/s1. The van der Waals surface area contributed by atoms with Gasteiger partial charge in [-0.15, -0.1) is 0 Å². The van der Waals surface area contributed by atoms with Gasteiger partial charge in [-0.1, -0.05) is 24.1 Å². The summed E-state index contributed by atoms with van der Waals surface area (Å²) >= 11 is 5.93. The van der Waals surface area contributed by atoms with E-state index in [0.717, 1.165) is 19.3 Å². The first-order chi connectivity index (χ1) is 16.3. The smallest absolute Gasteiger partial charge is 0.248 e. The van der Waals surface area contributed by atoms with Crippen LogP contribution in [-0.2, 0) is 16.1 Å². The van der Waals surface area contributed by atoms with E-state index in [0.29, 0.717) is 23.1 Å². The lowest BCUT2D eigenvalue weighted by Crippen LogP contribution is -2.48. The van der Waals surface area contributed by atoms with E-state index < -0.39 is 11.9 Å². The fraction of sp³-hybridized carbons (Fsp3) is 0.375. The number of nitrogens with zero attached hydrogens (tertiary/aromatic N) is 4. The van der Waals surface area contributed by atoms with Crippen molar-refractivity contribution in [3.05, 3.63) is 53.1 Å². The number of likely N-dealkylation sites (tertiary alicyclic amines) is 1. The van der Waals surface area contributed by atoms with Crippen molar-refractivity contribution in [2.45, 2.75) is 51.2 Å². The number of aromatic nitrogens is 3. The molecular weight excluding hydrogens is 461 g/mol. The number of hydrogen-bond donors (Lipinski definition) is 1. The molecule has 0 radical (unpaired) electrons. The highest BCUT2D eigenvalue weighted by Crippen LogP contribution is 2.41. The molecule has 5 rings (SSSR count). The van der Waals surface area contributed by atoms with E-state index in [-0.39, 0.29) is 46.9 Å². The molecule has 176 valence electrons. The van der Waals surface area contributed by atoms with Crippen LogP contribution in [0.5, 0.6) is 0 Å². The molecule has 1 N–H and O–H groups in total. The molecule has 1 aliphatic carbocycles. The second-order valence-corrected chi connectivity index (χ2v) is 9.26. The van der Waals surface area contributed by atoms with Gasteiger partial charge in [0.2, 0.25) is 11.8 Å². The summed E-state index contributed by atoms with van der Waals surface area (Å²) in [6, 6.07) is 8.30. The van der Waals surface area contributed by atoms with Gasteiger partial charge in [-0.05, 0) is 55.5 Å². The number of halogens is 2. The summed E-state index contributed by atoms with van der Waals surface area (Å²) in [7, 11) is 0. The number of Topliss-reactive ketones (excluding diaryl/α,β-unsaturated/α-hetero) is 1. The Kier molecular flexibility index (Phi) is 5.81. The molecule has 2 amide bonds. The Balaban J connectivity index is 1.43. The summed E-state index contributed by atoms with van der Waals surface area (Å²) in [5.74, 6) is -0.797. The molecule has 1 aliphatic heterocycles. The minimum Gasteiger partial charge on any atom is -0.326 e. The number of anilines is 1. The Morgan fingerprint density at radius 2 is 2.03 bits per heavy atom. The van der Waals surface area contributed by atoms with Crippen LogP contribution in [0.1, 0.15) is 43.1 Å². The molecule has 2 aliphatic rings. The number of hydrogen-bond acceptors (Lipinski definition) is 5. The first-order valence-corrected chi connectivity index (χ1v) is 11.6. The molecular formula is C24H23ClFN5O3. The van der Waals surface area contributed by atoms with Crippen LogP contribution in [0, 0.1) is 11.7 Å². The number of amides is 2. The van der Waals surface area contributed by atoms with Crippen molar-refractivity contribution in [3.8, 4) is 0 Å². The molecule has 3 aromatic rings. The van der Waals surface area contributed by atoms with Crippen LogP contribution >= 0.6 is 11.6 Å². The fourth-order valence-electron chi connectivity index (χ4n) is 5.31. The van der Waals surface area contributed by atoms with Gasteiger partial charge >= 0.3 is 0 Å². The number of fused-ring (bicyclic) bond motifs is 2. The zero-order valence-electron chi connectivity index (χ0n) is 18.5. The fourth-order valence-corrected chi connectivity index (χ4v) is 5.48. The van der Waals surface area contributed by atoms with Crippen LogP contribution in [0.4, 0.5) is 10.2 Å². The van der Waals surface area contributed by atoms with Gasteiger partial charge in [0, 0.05) is 18.4 Å². The summed E-state index contributed by atoms with van der Waals surface area (Å²) in [4.78, 5) is 44.6. The molecule has 1 saturated heterocycles. The van der Waals surface area contributed by atoms with Gasteiger partial charge < -0.3 is 10.2 Å². The third-order valence-corrected chi connectivity index (χ3v) is 6.94. The number of rotatable bonds is 5. The van der Waals surface area contributed by atoms with Crippen molar-refractivity contribution in [1.29, 1.82) is 0 Å². The van der Waals surface area contributed by atoms with Gasteiger partial charge in [-0.2, -0.15) is 5.10 Å². The third-order valence-electron chi connectivity index (χ3n) is 6.73. The largest absolute Gasteiger partial charge is 0.326 e. The number of carbonyl (C=O) groups excluding carboxylic acids is 3. The van der Waals surface area contributed by atoms with E-state index in [4.69, 9.17) is 11.6 Å². The summed E-state index contributed by atoms with van der Waals surface area (Å²) in [6.45, 7) is 1.20. The van der Waals surface area contributed by atoms with Crippen LogP contribution in [-0.4, -0.2) is 49.3 Å². The third kappa shape index (κ3) is 4.04. The average molecular weight is 484 g/mol. The predicted octanol–water partition coefficient (Wildman–Crippen LogP) is 3.83. The van der Waals surface area contributed by atoms with Crippen LogP contribution in [0.2, 0.25) is 5.15 Å². The number of carbonyl (C=O) groups is 3. The molecule has 2 aromatic heterocycles. The zero-order valence-corrected chi connectivity index (χ0v) is 19.3. The van der Waals surface area contributed by atoms with Crippen LogP contribution in [0.15, 0.2) is 36.4 Å². The molecule has 34 heavy (non-hydrogen) atoms. The van der Waals surface area contributed by atoms with Gasteiger partial charge in [0.15, 0.2) is 5.78 Å². The first-order valence-electron chi connectivity index (χ1n) is 11.2. The van der Waals surface area contributed by atoms with Crippen molar-refractivity contribution < 1.29 is 18.8 Å². The van der Waals surface area contributed by atoms with E-state index in [1.807, 2.05) is 0 Å². The van der Waals surface area contributed by atoms with Crippen molar-refractivity contribution >= 4 is 45.9 Å². The number of ketones is 1. The molecule has 8 nitrogen and oxygen atoms in total. The Hall–Kier alpha value is -3.33. The maximum Gasteiger partial charge on any atom is 0.248 e. The number of pyridine rings is 1. The predicted molar refractivity (Wildman–Crippen MR) is 124 cm³/mol. The Labute approximate surface area is 200 Å². The molecule has 0 bridgehead atoms. The van der Waals surface area contributed by atoms with Crippen molar-refractivity contribution in [2.75, 3.05) is 5.32 Å². The topological polar surface area (TPSA) is 97.2 Å². The van der Waals surface area contributed by atoms with E-state index >= 15 is 0 Å². The van der Waals surface area contributed by atoms with Crippen LogP contribution < -0.4 is 5.32 Å². The van der Waals surface area contributed by atoms with Gasteiger partial charge in [0.25, 0.3) is 0 Å². The number of nitrogens with one attached hydrogen (secondary N) is 1. The molecule has 3 heterocycles. The minimum atomic E-state index is -0.643. The molecule has 1 unspecified atom stereocenters. The van der Waals surface area contributed by atoms with Crippen LogP contribution in [0.25, 0.3) is 10.9 Å². The summed E-state index contributed by atoms with van der Waals surface area (Å²) < 4.78 is 15.2. The van der Waals surface area contributed by atoms with Gasteiger partial charge in [0.1, 0.15) is 35.1 Å². The second-order valence-electron chi connectivity index (χ2n) is 8.87. The van der Waals surface area contributed by atoms with Gasteiger partial charge in [-0.3, -0.25) is 19.1 Å². The summed E-state index contributed by atoms with van der Waals surface area (Å²) in [5, 5.41) is 7.71. The quantitative estimate of drug-likeness (QED) is 0.439. The maximum atomic E-state index is 13.8. The van der Waals surface area contributed by atoms with Crippen molar-refractivity contribution in [2.24, 2.45) is 5.92 Å². The van der Waals surface area contributed by atoms with Gasteiger partial charge in [0.05, 0.1) is 5.52 Å². The Bertz CT molecular complexity index is 1310. The van der Waals surface area contributed by atoms with E-state index in [9.17, 15) is 18.8 Å². The molecule has 1 aromatic carbocycles. The summed E-state index contributed by atoms with van der Waals surface area (Å²) in [6.07, 6.45) is 3.37. The second kappa shape index (κ2) is 8.79. The lowest BCUT2D eigenvalue weighted by Gasteiger charge is -2.29. The highest BCUT2D eigenvalue weighted by atomic mass is 35.5. The van der Waals surface area contributed by atoms with Crippen molar-refractivity contribution in [3.63, 3.8) is 0 Å².